The molecule has 2 atom stereocenters. The molecule has 25 heavy (non-hydrogen) atoms. The maximum atomic E-state index is 11.1. The van der Waals surface area contributed by atoms with E-state index in [2.05, 4.69) is 0 Å². The highest BCUT2D eigenvalue weighted by atomic mass is 16.6. The molecular weight excluding hydrogens is 328 g/mol. The number of phenolic OH excluding ortho intramolecular Hbond substituents is 2. The first-order valence-corrected chi connectivity index (χ1v) is 7.87. The third-order valence-electron chi connectivity index (χ3n) is 5.06. The highest BCUT2D eigenvalue weighted by Gasteiger charge is 2.52. The van der Waals surface area contributed by atoms with Crippen molar-refractivity contribution in [2.24, 2.45) is 0 Å². The van der Waals surface area contributed by atoms with Gasteiger partial charge in [-0.1, -0.05) is 6.07 Å². The minimum atomic E-state index is -1.64. The molecule has 4 rings (SSSR count). The van der Waals surface area contributed by atoms with Crippen LogP contribution in [0.1, 0.15) is 28.2 Å². The van der Waals surface area contributed by atoms with Gasteiger partial charge < -0.3 is 35.0 Å². The fourth-order valence-corrected chi connectivity index (χ4v) is 3.90. The van der Waals surface area contributed by atoms with Gasteiger partial charge in [-0.05, 0) is 29.7 Å². The molecule has 5 N–H and O–H groups in total. The van der Waals surface area contributed by atoms with E-state index in [1.807, 2.05) is 0 Å². The van der Waals surface area contributed by atoms with Crippen molar-refractivity contribution in [1.82, 2.24) is 0 Å². The quantitative estimate of drug-likeness (QED) is 0.519. The maximum Gasteiger partial charge on any atom is 0.219 e. The summed E-state index contributed by atoms with van der Waals surface area (Å²) in [6, 6.07) is 4.60. The highest BCUT2D eigenvalue weighted by molar-refractivity contribution is 5.62. The predicted molar refractivity (Wildman–Crippen MR) is 86.1 cm³/mol. The van der Waals surface area contributed by atoms with Gasteiger partial charge in [0.25, 0.3) is 0 Å². The van der Waals surface area contributed by atoms with Crippen LogP contribution in [0.5, 0.6) is 28.7 Å². The summed E-state index contributed by atoms with van der Waals surface area (Å²) in [6.45, 7) is -0.367. The van der Waals surface area contributed by atoms with Crippen LogP contribution in [0.4, 0.5) is 0 Å². The Morgan fingerprint density at radius 2 is 1.96 bits per heavy atom. The van der Waals surface area contributed by atoms with Gasteiger partial charge >= 0.3 is 0 Å². The van der Waals surface area contributed by atoms with Gasteiger partial charge in [-0.2, -0.15) is 0 Å². The van der Waals surface area contributed by atoms with Crippen LogP contribution in [0.3, 0.4) is 0 Å². The minimum Gasteiger partial charge on any atom is -0.504 e. The van der Waals surface area contributed by atoms with Crippen LogP contribution < -0.4 is 9.47 Å². The van der Waals surface area contributed by atoms with Crippen molar-refractivity contribution < 1.29 is 35.0 Å². The summed E-state index contributed by atoms with van der Waals surface area (Å²) in [6.07, 6.45) is 0.437. The lowest BCUT2D eigenvalue weighted by molar-refractivity contribution is -0.156. The molecule has 0 spiro atoms. The van der Waals surface area contributed by atoms with E-state index in [4.69, 9.17) is 9.47 Å². The van der Waals surface area contributed by atoms with Gasteiger partial charge in [-0.3, -0.25) is 0 Å². The van der Waals surface area contributed by atoms with Gasteiger partial charge in [0, 0.05) is 17.5 Å². The van der Waals surface area contributed by atoms with E-state index < -0.39 is 17.5 Å². The number of aliphatic hydroxyl groups excluding tert-OH is 1. The summed E-state index contributed by atoms with van der Waals surface area (Å²) in [5, 5.41) is 50.5. The number of phenols is 3. The molecule has 1 aliphatic heterocycles. The second-order valence-corrected chi connectivity index (χ2v) is 6.45. The number of fused-ring (bicyclic) bond motifs is 4. The number of aliphatic hydroxyl groups is 2. The van der Waals surface area contributed by atoms with Crippen molar-refractivity contribution in [1.29, 1.82) is 0 Å². The van der Waals surface area contributed by atoms with Crippen LogP contribution in [-0.4, -0.2) is 38.4 Å². The van der Waals surface area contributed by atoms with E-state index in [1.54, 1.807) is 12.1 Å². The van der Waals surface area contributed by atoms with Crippen molar-refractivity contribution in [3.8, 4) is 28.7 Å². The number of aromatic hydroxyl groups is 3. The van der Waals surface area contributed by atoms with E-state index >= 15 is 0 Å². The van der Waals surface area contributed by atoms with Crippen LogP contribution in [0.2, 0.25) is 0 Å². The van der Waals surface area contributed by atoms with E-state index in [1.165, 1.54) is 13.2 Å². The molecule has 0 amide bonds. The molecule has 0 aromatic heterocycles. The van der Waals surface area contributed by atoms with Gasteiger partial charge in [0.1, 0.15) is 0 Å². The lowest BCUT2D eigenvalue weighted by Crippen LogP contribution is -2.44. The predicted octanol–water partition coefficient (Wildman–Crippen LogP) is 1.27. The first-order valence-electron chi connectivity index (χ1n) is 7.87. The topological polar surface area (TPSA) is 120 Å². The first kappa shape index (κ1) is 15.9. The summed E-state index contributed by atoms with van der Waals surface area (Å²) in [4.78, 5) is 0. The molecule has 0 radical (unpaired) electrons. The number of methoxy groups -OCH3 is 1. The standard InChI is InChI=1S/C18H18O7/c1-24-17-13-9(4-10(7-19)14(17)21)6-18(23)11(13)5-8-2-3-12(20)15(22)16(8)25-18/h2-4,11,19-23H,5-7H2,1H3/t11?,18-/m0/s1. The zero-order valence-corrected chi connectivity index (χ0v) is 13.5. The van der Waals surface area contributed by atoms with Gasteiger partial charge in [0.15, 0.2) is 23.0 Å². The van der Waals surface area contributed by atoms with Crippen LogP contribution >= 0.6 is 0 Å². The molecule has 2 aromatic rings. The molecule has 0 bridgehead atoms. The Morgan fingerprint density at radius 3 is 2.64 bits per heavy atom. The van der Waals surface area contributed by atoms with Crippen LogP contribution in [0.25, 0.3) is 0 Å². The lowest BCUT2D eigenvalue weighted by Gasteiger charge is -2.37. The highest BCUT2D eigenvalue weighted by Crippen LogP contribution is 2.56. The summed E-state index contributed by atoms with van der Waals surface area (Å²) < 4.78 is 11.0. The molecular formula is C18H18O7. The smallest absolute Gasteiger partial charge is 0.219 e. The second-order valence-electron chi connectivity index (χ2n) is 6.45. The number of ether oxygens (including phenoxy) is 2. The molecule has 1 aliphatic carbocycles. The molecule has 2 aliphatic rings. The lowest BCUT2D eigenvalue weighted by atomic mass is 9.86. The van der Waals surface area contributed by atoms with Gasteiger partial charge in [-0.25, -0.2) is 0 Å². The number of hydrogen-bond donors (Lipinski definition) is 5. The van der Waals surface area contributed by atoms with Crippen molar-refractivity contribution in [2.45, 2.75) is 31.2 Å². The zero-order valence-electron chi connectivity index (χ0n) is 13.5. The molecule has 1 heterocycles. The SMILES string of the molecule is COc1c(O)c(CO)cc2c1C1Cc3ccc(O)c(O)c3O[C@@]1(O)C2. The first-order chi connectivity index (χ1) is 11.9. The van der Waals surface area contributed by atoms with E-state index in [9.17, 15) is 25.5 Å². The largest absolute Gasteiger partial charge is 0.504 e. The summed E-state index contributed by atoms with van der Waals surface area (Å²) >= 11 is 0. The fraction of sp³-hybridized carbons (Fsp3) is 0.333. The van der Waals surface area contributed by atoms with E-state index in [0.717, 1.165) is 0 Å². The Hall–Kier alpha value is -2.64. The Labute approximate surface area is 143 Å². The van der Waals surface area contributed by atoms with Crippen LogP contribution in [0, 0.1) is 0 Å². The van der Waals surface area contributed by atoms with Crippen molar-refractivity contribution in [3.63, 3.8) is 0 Å². The third kappa shape index (κ3) is 2.06. The van der Waals surface area contributed by atoms with Crippen molar-refractivity contribution >= 4 is 0 Å². The maximum absolute atomic E-state index is 11.1. The third-order valence-corrected chi connectivity index (χ3v) is 5.06. The minimum absolute atomic E-state index is 0.0529. The fourth-order valence-electron chi connectivity index (χ4n) is 3.90. The summed E-state index contributed by atoms with van der Waals surface area (Å²) in [5.41, 5.74) is 2.25. The van der Waals surface area contributed by atoms with Crippen molar-refractivity contribution in [2.75, 3.05) is 7.11 Å². The Balaban J connectivity index is 1.89. The van der Waals surface area contributed by atoms with Gasteiger partial charge in [-0.15, -0.1) is 0 Å². The average molecular weight is 346 g/mol. The monoisotopic (exact) mass is 346 g/mol. The molecule has 0 saturated carbocycles. The van der Waals surface area contributed by atoms with E-state index in [-0.39, 0.29) is 36.0 Å². The molecule has 0 saturated heterocycles. The zero-order chi connectivity index (χ0) is 17.9. The Bertz CT molecular complexity index is 876. The van der Waals surface area contributed by atoms with E-state index in [0.29, 0.717) is 28.7 Å². The molecule has 7 heteroatoms. The molecule has 132 valence electrons. The Kier molecular flexibility index (Phi) is 3.28. The Morgan fingerprint density at radius 1 is 1.20 bits per heavy atom. The number of hydrogen-bond acceptors (Lipinski definition) is 7. The molecule has 7 nitrogen and oxygen atoms in total. The molecule has 0 fully saturated rings. The second kappa shape index (κ2) is 5.18. The molecule has 2 aromatic carbocycles. The molecule has 1 unspecified atom stereocenters. The number of benzene rings is 2. The van der Waals surface area contributed by atoms with Gasteiger partial charge in [0.05, 0.1) is 19.6 Å². The summed E-state index contributed by atoms with van der Waals surface area (Å²) in [5.74, 6) is -2.80. The normalized spacial score (nSPS) is 23.4. The van der Waals surface area contributed by atoms with Gasteiger partial charge in [0.2, 0.25) is 11.5 Å². The van der Waals surface area contributed by atoms with Crippen molar-refractivity contribution in [3.05, 3.63) is 40.5 Å². The summed E-state index contributed by atoms with van der Waals surface area (Å²) in [7, 11) is 1.41. The average Bonchev–Trinajstić information content (AvgIpc) is 2.87. The van der Waals surface area contributed by atoms with Crippen LogP contribution in [-0.2, 0) is 19.4 Å². The van der Waals surface area contributed by atoms with Crippen LogP contribution in [0.15, 0.2) is 18.2 Å². The number of rotatable bonds is 2.